The molecule has 0 spiro atoms. The molecule has 0 amide bonds. The van der Waals surface area contributed by atoms with Crippen molar-refractivity contribution in [3.8, 4) is 0 Å². The first-order valence-corrected chi connectivity index (χ1v) is 4.89. The molecule has 0 saturated heterocycles. The summed E-state index contributed by atoms with van der Waals surface area (Å²) in [5.41, 5.74) is 5.46. The van der Waals surface area contributed by atoms with Gasteiger partial charge in [0, 0.05) is 12.3 Å². The zero-order chi connectivity index (χ0) is 7.82. The van der Waals surface area contributed by atoms with E-state index in [0.29, 0.717) is 5.92 Å². The Hall–Kier alpha value is 0.270. The molecular weight excluding hydrogens is 144 g/mol. The van der Waals surface area contributed by atoms with Gasteiger partial charge in [0.25, 0.3) is 0 Å². The Morgan fingerprint density at radius 2 is 2.30 bits per heavy atom. The van der Waals surface area contributed by atoms with Crippen LogP contribution in [0.15, 0.2) is 0 Å². The summed E-state index contributed by atoms with van der Waals surface area (Å²) >= 11 is 1.97. The first-order chi connectivity index (χ1) is 4.81. The topological polar surface area (TPSA) is 38.0 Å². The normalized spacial score (nSPS) is 13.5. The second-order valence-corrected chi connectivity index (χ2v) is 3.67. The van der Waals surface area contributed by atoms with E-state index in [1.165, 1.54) is 11.5 Å². The fourth-order valence-electron chi connectivity index (χ4n) is 0.527. The van der Waals surface area contributed by atoms with Gasteiger partial charge in [-0.15, -0.1) is 0 Å². The quantitative estimate of drug-likeness (QED) is 0.560. The molecule has 62 valence electrons. The van der Waals surface area contributed by atoms with Gasteiger partial charge in [0.05, 0.1) is 0 Å². The van der Waals surface area contributed by atoms with E-state index >= 15 is 0 Å². The van der Waals surface area contributed by atoms with Crippen LogP contribution in [0, 0.1) is 5.92 Å². The average molecular weight is 162 g/mol. The summed E-state index contributed by atoms with van der Waals surface area (Å²) in [6.07, 6.45) is 0. The predicted octanol–water partition coefficient (Wildman–Crippen LogP) is 0.534. The van der Waals surface area contributed by atoms with Crippen LogP contribution in [-0.4, -0.2) is 31.6 Å². The lowest BCUT2D eigenvalue weighted by molar-refractivity contribution is 0.675. The van der Waals surface area contributed by atoms with Gasteiger partial charge in [0.2, 0.25) is 0 Å². The number of hydrogen-bond donors (Lipinski definition) is 2. The van der Waals surface area contributed by atoms with Crippen LogP contribution in [0.5, 0.6) is 0 Å². The van der Waals surface area contributed by atoms with E-state index in [-0.39, 0.29) is 0 Å². The summed E-state index contributed by atoms with van der Waals surface area (Å²) < 4.78 is 0. The molecule has 0 aliphatic heterocycles. The van der Waals surface area contributed by atoms with E-state index in [1.54, 1.807) is 0 Å². The molecule has 0 radical (unpaired) electrons. The summed E-state index contributed by atoms with van der Waals surface area (Å²) in [5, 5.41) is 3.11. The number of nitrogens with two attached hydrogens (primary N) is 1. The maximum atomic E-state index is 5.46. The van der Waals surface area contributed by atoms with Gasteiger partial charge in [-0.2, -0.15) is 11.8 Å². The molecule has 10 heavy (non-hydrogen) atoms. The molecule has 0 aromatic carbocycles. The Kier molecular flexibility index (Phi) is 7.58. The van der Waals surface area contributed by atoms with Gasteiger partial charge in [-0.25, -0.2) is 0 Å². The minimum atomic E-state index is 0.668. The Balaban J connectivity index is 2.89. The molecule has 2 nitrogen and oxygen atoms in total. The molecular formula is C7H18N2S. The van der Waals surface area contributed by atoms with Crippen LogP contribution in [0.4, 0.5) is 0 Å². The summed E-state index contributed by atoms with van der Waals surface area (Å²) in [7, 11) is 1.98. The molecule has 0 bridgehead atoms. The maximum Gasteiger partial charge on any atom is 0.00580 e. The molecule has 3 N–H and O–H groups in total. The fourth-order valence-corrected chi connectivity index (χ4v) is 1.58. The predicted molar refractivity (Wildman–Crippen MR) is 49.5 cm³/mol. The van der Waals surface area contributed by atoms with Crippen molar-refractivity contribution < 1.29 is 0 Å². The van der Waals surface area contributed by atoms with Crippen molar-refractivity contribution in [1.82, 2.24) is 5.32 Å². The van der Waals surface area contributed by atoms with Crippen molar-refractivity contribution in [3.63, 3.8) is 0 Å². The lowest BCUT2D eigenvalue weighted by Crippen LogP contribution is -2.15. The van der Waals surface area contributed by atoms with E-state index in [0.717, 1.165) is 13.1 Å². The van der Waals surface area contributed by atoms with E-state index in [9.17, 15) is 0 Å². The van der Waals surface area contributed by atoms with Crippen LogP contribution < -0.4 is 11.1 Å². The number of nitrogens with one attached hydrogen (secondary N) is 1. The SMILES string of the molecule is CNCCSCC(C)CN. The highest BCUT2D eigenvalue weighted by atomic mass is 32.2. The Labute approximate surface area is 67.9 Å². The summed E-state index contributed by atoms with van der Waals surface area (Å²) in [6, 6.07) is 0. The highest BCUT2D eigenvalue weighted by Crippen LogP contribution is 2.05. The van der Waals surface area contributed by atoms with E-state index in [4.69, 9.17) is 5.73 Å². The van der Waals surface area contributed by atoms with Crippen molar-refractivity contribution >= 4 is 11.8 Å². The highest BCUT2D eigenvalue weighted by Gasteiger charge is 1.96. The van der Waals surface area contributed by atoms with Crippen molar-refractivity contribution in [1.29, 1.82) is 0 Å². The van der Waals surface area contributed by atoms with Gasteiger partial charge >= 0.3 is 0 Å². The summed E-state index contributed by atoms with van der Waals surface area (Å²) in [6.45, 7) is 4.10. The smallest absolute Gasteiger partial charge is 0.00580 e. The maximum absolute atomic E-state index is 5.46. The van der Waals surface area contributed by atoms with Gasteiger partial charge in [0.1, 0.15) is 0 Å². The lowest BCUT2D eigenvalue weighted by Gasteiger charge is -2.06. The van der Waals surface area contributed by atoms with Gasteiger partial charge in [-0.05, 0) is 25.3 Å². The van der Waals surface area contributed by atoms with Crippen LogP contribution in [-0.2, 0) is 0 Å². The van der Waals surface area contributed by atoms with Gasteiger partial charge < -0.3 is 11.1 Å². The van der Waals surface area contributed by atoms with Crippen molar-refractivity contribution in [3.05, 3.63) is 0 Å². The van der Waals surface area contributed by atoms with Gasteiger partial charge in [-0.3, -0.25) is 0 Å². The van der Waals surface area contributed by atoms with E-state index in [1.807, 2.05) is 18.8 Å². The Bertz CT molecular complexity index is 68.6. The van der Waals surface area contributed by atoms with Crippen LogP contribution >= 0.6 is 11.8 Å². The third-order valence-corrected chi connectivity index (χ3v) is 2.60. The first kappa shape index (κ1) is 10.3. The largest absolute Gasteiger partial charge is 0.330 e. The molecule has 0 saturated carbocycles. The van der Waals surface area contributed by atoms with Crippen molar-refractivity contribution in [2.24, 2.45) is 11.7 Å². The zero-order valence-electron chi connectivity index (χ0n) is 6.89. The molecule has 0 aliphatic carbocycles. The zero-order valence-corrected chi connectivity index (χ0v) is 7.71. The summed E-state index contributed by atoms with van der Waals surface area (Å²) in [4.78, 5) is 0. The summed E-state index contributed by atoms with van der Waals surface area (Å²) in [5.74, 6) is 3.06. The molecule has 0 aliphatic rings. The van der Waals surface area contributed by atoms with Crippen LogP contribution in [0.3, 0.4) is 0 Å². The van der Waals surface area contributed by atoms with E-state index < -0.39 is 0 Å². The highest BCUT2D eigenvalue weighted by molar-refractivity contribution is 7.99. The van der Waals surface area contributed by atoms with Gasteiger partial charge in [0.15, 0.2) is 0 Å². The van der Waals surface area contributed by atoms with Crippen LogP contribution in [0.1, 0.15) is 6.92 Å². The fraction of sp³-hybridized carbons (Fsp3) is 1.00. The standard InChI is InChI=1S/C7H18N2S/c1-7(5-8)6-10-4-3-9-2/h7,9H,3-6,8H2,1-2H3. The van der Waals surface area contributed by atoms with Crippen molar-refractivity contribution in [2.75, 3.05) is 31.6 Å². The van der Waals surface area contributed by atoms with Gasteiger partial charge in [-0.1, -0.05) is 6.92 Å². The van der Waals surface area contributed by atoms with Crippen LogP contribution in [0.2, 0.25) is 0 Å². The molecule has 1 atom stereocenters. The molecule has 0 rings (SSSR count). The monoisotopic (exact) mass is 162 g/mol. The Morgan fingerprint density at radius 3 is 2.80 bits per heavy atom. The number of thioether (sulfide) groups is 1. The Morgan fingerprint density at radius 1 is 1.60 bits per heavy atom. The molecule has 0 aromatic rings. The molecule has 0 aromatic heterocycles. The molecule has 0 fully saturated rings. The van der Waals surface area contributed by atoms with E-state index in [2.05, 4.69) is 12.2 Å². The minimum absolute atomic E-state index is 0.668. The first-order valence-electron chi connectivity index (χ1n) is 3.73. The molecule has 1 unspecified atom stereocenters. The van der Waals surface area contributed by atoms with Crippen LogP contribution in [0.25, 0.3) is 0 Å². The second kappa shape index (κ2) is 7.38. The number of rotatable bonds is 6. The third kappa shape index (κ3) is 6.39. The molecule has 0 heterocycles. The minimum Gasteiger partial charge on any atom is -0.330 e. The lowest BCUT2D eigenvalue weighted by atomic mass is 10.2. The second-order valence-electron chi connectivity index (χ2n) is 2.52. The number of hydrogen-bond acceptors (Lipinski definition) is 3. The third-order valence-electron chi connectivity index (χ3n) is 1.30. The molecule has 3 heteroatoms. The average Bonchev–Trinajstić information content (AvgIpc) is 1.98. The van der Waals surface area contributed by atoms with Crippen molar-refractivity contribution in [2.45, 2.75) is 6.92 Å².